The molecule has 3 heterocycles. The van der Waals surface area contributed by atoms with E-state index in [-0.39, 0.29) is 23.8 Å². The topological polar surface area (TPSA) is 73.0 Å². The Bertz CT molecular complexity index is 1040. The Morgan fingerprint density at radius 2 is 2.12 bits per heavy atom. The number of aromatic nitrogens is 3. The molecule has 0 bridgehead atoms. The number of hydrogen-bond acceptors (Lipinski definition) is 5. The van der Waals surface area contributed by atoms with Crippen LogP contribution in [0.5, 0.6) is 0 Å². The lowest BCUT2D eigenvalue weighted by Crippen LogP contribution is -2.23. The van der Waals surface area contributed by atoms with Crippen LogP contribution in [0.15, 0.2) is 64.7 Å². The first-order valence-corrected chi connectivity index (χ1v) is 8.66. The fraction of sp³-hybridized carbons (Fsp3) is 0.0556. The molecule has 1 amide bonds. The number of amides is 1. The highest BCUT2D eigenvalue weighted by atomic mass is 32.1. The van der Waals surface area contributed by atoms with Crippen LogP contribution in [0.3, 0.4) is 0 Å². The second-order valence-electron chi connectivity index (χ2n) is 5.40. The lowest BCUT2D eigenvalue weighted by molar-refractivity contribution is 0.0945. The molecule has 4 aromatic rings. The Morgan fingerprint density at radius 3 is 2.92 bits per heavy atom. The van der Waals surface area contributed by atoms with Gasteiger partial charge in [-0.1, -0.05) is 18.2 Å². The van der Waals surface area contributed by atoms with Gasteiger partial charge in [-0.25, -0.2) is 14.1 Å². The van der Waals surface area contributed by atoms with Gasteiger partial charge in [0.25, 0.3) is 5.91 Å². The van der Waals surface area contributed by atoms with E-state index < -0.39 is 5.82 Å². The highest BCUT2D eigenvalue weighted by Gasteiger charge is 2.13. The number of rotatable bonds is 5. The first-order chi connectivity index (χ1) is 12.7. The van der Waals surface area contributed by atoms with Crippen LogP contribution >= 0.6 is 11.3 Å². The molecule has 0 saturated heterocycles. The molecule has 6 nitrogen and oxygen atoms in total. The van der Waals surface area contributed by atoms with Crippen molar-refractivity contribution in [1.82, 2.24) is 20.1 Å². The number of halogens is 1. The molecule has 0 aliphatic rings. The van der Waals surface area contributed by atoms with Gasteiger partial charge in [-0.15, -0.1) is 11.3 Å². The monoisotopic (exact) mass is 368 g/mol. The van der Waals surface area contributed by atoms with Crippen LogP contribution < -0.4 is 5.32 Å². The molecule has 0 spiro atoms. The number of carbonyl (C=O) groups is 1. The van der Waals surface area contributed by atoms with E-state index in [1.165, 1.54) is 34.4 Å². The van der Waals surface area contributed by atoms with E-state index in [0.29, 0.717) is 11.6 Å². The van der Waals surface area contributed by atoms with E-state index in [1.54, 1.807) is 24.4 Å². The van der Waals surface area contributed by atoms with E-state index in [9.17, 15) is 9.18 Å². The van der Waals surface area contributed by atoms with Gasteiger partial charge < -0.3 is 9.73 Å². The maximum absolute atomic E-state index is 13.8. The summed E-state index contributed by atoms with van der Waals surface area (Å²) in [6.45, 7) is 0.209. The summed E-state index contributed by atoms with van der Waals surface area (Å²) >= 11 is 1.53. The number of oxazole rings is 1. The molecule has 3 aromatic heterocycles. The molecular formula is C18H13FN4O2S. The van der Waals surface area contributed by atoms with Crippen molar-refractivity contribution in [3.8, 4) is 16.5 Å². The molecule has 8 heteroatoms. The smallest absolute Gasteiger partial charge is 0.272 e. The van der Waals surface area contributed by atoms with Crippen LogP contribution in [-0.2, 0) is 6.54 Å². The van der Waals surface area contributed by atoms with Gasteiger partial charge in [0.15, 0.2) is 5.69 Å². The fourth-order valence-corrected chi connectivity index (χ4v) is 3.04. The summed E-state index contributed by atoms with van der Waals surface area (Å²) in [7, 11) is 0. The molecule has 1 N–H and O–H groups in total. The van der Waals surface area contributed by atoms with Crippen molar-refractivity contribution < 1.29 is 13.6 Å². The molecule has 0 aliphatic carbocycles. The summed E-state index contributed by atoms with van der Waals surface area (Å²) in [6.07, 6.45) is 3.05. The highest BCUT2D eigenvalue weighted by Crippen LogP contribution is 2.23. The second kappa shape index (κ2) is 6.93. The van der Waals surface area contributed by atoms with Gasteiger partial charge in [0, 0.05) is 6.20 Å². The molecular weight excluding hydrogens is 355 g/mol. The van der Waals surface area contributed by atoms with Gasteiger partial charge in [-0.3, -0.25) is 4.79 Å². The third kappa shape index (κ3) is 3.27. The average Bonchev–Trinajstić information content (AvgIpc) is 3.40. The Hall–Kier alpha value is -3.26. The predicted octanol–water partition coefficient (Wildman–Crippen LogP) is 3.66. The van der Waals surface area contributed by atoms with Crippen LogP contribution in [0, 0.1) is 5.82 Å². The summed E-state index contributed by atoms with van der Waals surface area (Å²) in [6, 6.07) is 11.6. The Kier molecular flexibility index (Phi) is 4.32. The molecule has 0 unspecified atom stereocenters. The minimum Gasteiger partial charge on any atom is -0.443 e. The average molecular weight is 368 g/mol. The summed E-state index contributed by atoms with van der Waals surface area (Å²) in [5.41, 5.74) is 1.08. The van der Waals surface area contributed by atoms with Crippen LogP contribution in [0.2, 0.25) is 0 Å². The zero-order chi connectivity index (χ0) is 17.9. The van der Waals surface area contributed by atoms with E-state index in [0.717, 1.165) is 4.88 Å². The van der Waals surface area contributed by atoms with Crippen molar-refractivity contribution in [3.63, 3.8) is 0 Å². The number of carbonyl (C=O) groups excluding carboxylic acids is 1. The highest BCUT2D eigenvalue weighted by molar-refractivity contribution is 7.13. The minimum absolute atomic E-state index is 0.190. The van der Waals surface area contributed by atoms with Gasteiger partial charge in [0.1, 0.15) is 17.8 Å². The van der Waals surface area contributed by atoms with Crippen LogP contribution in [0.4, 0.5) is 4.39 Å². The number of nitrogens with one attached hydrogen (secondary N) is 1. The van der Waals surface area contributed by atoms with Crippen molar-refractivity contribution in [2.45, 2.75) is 6.54 Å². The van der Waals surface area contributed by atoms with Crippen molar-refractivity contribution in [3.05, 3.63) is 77.5 Å². The number of benzene rings is 1. The van der Waals surface area contributed by atoms with Crippen molar-refractivity contribution in [1.29, 1.82) is 0 Å². The van der Waals surface area contributed by atoms with Gasteiger partial charge in [-0.05, 0) is 29.6 Å². The number of para-hydroxylation sites is 1. The van der Waals surface area contributed by atoms with Crippen molar-refractivity contribution >= 4 is 17.2 Å². The molecule has 0 saturated carbocycles. The lowest BCUT2D eigenvalue weighted by Gasteiger charge is -2.02. The van der Waals surface area contributed by atoms with Crippen LogP contribution in [0.1, 0.15) is 16.2 Å². The third-order valence-electron chi connectivity index (χ3n) is 3.63. The van der Waals surface area contributed by atoms with E-state index in [4.69, 9.17) is 4.42 Å². The summed E-state index contributed by atoms with van der Waals surface area (Å²) < 4.78 is 20.5. The van der Waals surface area contributed by atoms with Crippen molar-refractivity contribution in [2.75, 3.05) is 0 Å². The lowest BCUT2D eigenvalue weighted by atomic mass is 10.3. The second-order valence-corrected chi connectivity index (χ2v) is 6.35. The molecule has 4 rings (SSSR count). The first-order valence-electron chi connectivity index (χ1n) is 7.78. The van der Waals surface area contributed by atoms with Gasteiger partial charge in [0.05, 0.1) is 17.1 Å². The summed E-state index contributed by atoms with van der Waals surface area (Å²) in [4.78, 5) is 17.5. The Morgan fingerprint density at radius 1 is 1.23 bits per heavy atom. The van der Waals surface area contributed by atoms with E-state index in [2.05, 4.69) is 15.4 Å². The molecule has 1 aromatic carbocycles. The number of nitrogens with zero attached hydrogens (tertiary/aromatic N) is 3. The summed E-state index contributed by atoms with van der Waals surface area (Å²) in [5, 5.41) is 8.78. The normalized spacial score (nSPS) is 10.8. The molecule has 0 radical (unpaired) electrons. The Labute approximate surface area is 151 Å². The zero-order valence-corrected chi connectivity index (χ0v) is 14.2. The molecule has 0 fully saturated rings. The summed E-state index contributed by atoms with van der Waals surface area (Å²) in [5.74, 6) is -0.264. The van der Waals surface area contributed by atoms with Gasteiger partial charge in [-0.2, -0.15) is 5.10 Å². The zero-order valence-electron chi connectivity index (χ0n) is 13.4. The van der Waals surface area contributed by atoms with E-state index in [1.807, 2.05) is 17.5 Å². The predicted molar refractivity (Wildman–Crippen MR) is 94.5 cm³/mol. The standard InChI is InChI=1S/C18H13FN4O2S/c19-13-4-1-2-5-15(13)23-8-7-14(22-23)17(24)20-10-12-11-25-18(21-12)16-6-3-9-26-16/h1-9,11H,10H2,(H,20,24). The van der Waals surface area contributed by atoms with E-state index >= 15 is 0 Å². The first kappa shape index (κ1) is 16.2. The molecule has 26 heavy (non-hydrogen) atoms. The van der Waals surface area contributed by atoms with Crippen molar-refractivity contribution in [2.24, 2.45) is 0 Å². The third-order valence-corrected chi connectivity index (χ3v) is 4.49. The fourth-order valence-electron chi connectivity index (χ4n) is 2.38. The van der Waals surface area contributed by atoms with Gasteiger partial charge >= 0.3 is 0 Å². The van der Waals surface area contributed by atoms with Gasteiger partial charge in [0.2, 0.25) is 5.89 Å². The number of thiophene rings is 1. The maximum Gasteiger partial charge on any atom is 0.272 e. The quantitative estimate of drug-likeness (QED) is 0.583. The largest absolute Gasteiger partial charge is 0.443 e. The minimum atomic E-state index is -0.411. The molecule has 130 valence electrons. The number of hydrogen-bond donors (Lipinski definition) is 1. The molecule has 0 atom stereocenters. The maximum atomic E-state index is 13.8. The SMILES string of the molecule is O=C(NCc1coc(-c2cccs2)n1)c1ccn(-c2ccccc2F)n1. The Balaban J connectivity index is 1.42. The van der Waals surface area contributed by atoms with Crippen LogP contribution in [0.25, 0.3) is 16.5 Å². The molecule has 0 aliphatic heterocycles. The van der Waals surface area contributed by atoms with Crippen LogP contribution in [-0.4, -0.2) is 20.7 Å².